The lowest BCUT2D eigenvalue weighted by molar-refractivity contribution is -0.114. The van der Waals surface area contributed by atoms with Gasteiger partial charge in [-0.3, -0.25) is 9.59 Å². The molecule has 1 amide bonds. The van der Waals surface area contributed by atoms with E-state index in [0.29, 0.717) is 0 Å². The van der Waals surface area contributed by atoms with Crippen LogP contribution in [0.15, 0.2) is 23.1 Å². The standard InChI is InChI=1S/C10H9BrF5NO2S/c1-6(18)17-8-2-7(10(19)5-11)3-9(4-8)20(12,13,14,15)16/h2-4H,5H2,1H3,(H,17,18). The van der Waals surface area contributed by atoms with E-state index < -0.39 is 38.1 Å². The maximum Gasteiger partial charge on any atom is 0.310 e. The lowest BCUT2D eigenvalue weighted by Gasteiger charge is -2.40. The monoisotopic (exact) mass is 381 g/mol. The van der Waals surface area contributed by atoms with Gasteiger partial charge in [0.2, 0.25) is 5.91 Å². The molecule has 0 saturated heterocycles. The summed E-state index contributed by atoms with van der Waals surface area (Å²) in [6.07, 6.45) is 0. The van der Waals surface area contributed by atoms with Crippen LogP contribution in [0.2, 0.25) is 0 Å². The number of anilines is 1. The van der Waals surface area contributed by atoms with E-state index in [4.69, 9.17) is 0 Å². The summed E-state index contributed by atoms with van der Waals surface area (Å²) in [6.45, 7) is 0.998. The summed E-state index contributed by atoms with van der Waals surface area (Å²) in [7, 11) is -9.94. The van der Waals surface area contributed by atoms with Gasteiger partial charge in [-0.2, -0.15) is 0 Å². The van der Waals surface area contributed by atoms with Gasteiger partial charge < -0.3 is 5.32 Å². The Morgan fingerprint density at radius 2 is 1.70 bits per heavy atom. The highest BCUT2D eigenvalue weighted by Crippen LogP contribution is 3.02. The molecule has 3 nitrogen and oxygen atoms in total. The van der Waals surface area contributed by atoms with E-state index in [1.165, 1.54) is 0 Å². The predicted octanol–water partition coefficient (Wildman–Crippen LogP) is 4.88. The van der Waals surface area contributed by atoms with Crippen LogP contribution in [-0.2, 0) is 4.79 Å². The van der Waals surface area contributed by atoms with Gasteiger partial charge in [-0.15, -0.1) is 0 Å². The number of alkyl halides is 1. The van der Waals surface area contributed by atoms with E-state index in [0.717, 1.165) is 13.0 Å². The van der Waals surface area contributed by atoms with Crippen LogP contribution >= 0.6 is 26.2 Å². The van der Waals surface area contributed by atoms with Crippen LogP contribution in [0.3, 0.4) is 0 Å². The van der Waals surface area contributed by atoms with Gasteiger partial charge in [-0.05, 0) is 18.2 Å². The Labute approximate surface area is 119 Å². The molecule has 0 aromatic heterocycles. The molecule has 1 aromatic carbocycles. The molecule has 0 spiro atoms. The molecule has 0 bridgehead atoms. The van der Waals surface area contributed by atoms with Crippen molar-refractivity contribution in [3.63, 3.8) is 0 Å². The molecule has 10 heteroatoms. The number of halogens is 6. The fourth-order valence-corrected chi connectivity index (χ4v) is 2.36. The number of benzene rings is 1. The number of hydrogen-bond acceptors (Lipinski definition) is 2. The van der Waals surface area contributed by atoms with Gasteiger partial charge in [-0.1, -0.05) is 35.4 Å². The number of Topliss-reactive ketones (excluding diaryl/α,β-unsaturated/α-hetero) is 1. The van der Waals surface area contributed by atoms with Crippen molar-refractivity contribution in [2.24, 2.45) is 0 Å². The third kappa shape index (κ3) is 4.44. The topological polar surface area (TPSA) is 46.2 Å². The van der Waals surface area contributed by atoms with Crippen LogP contribution in [0, 0.1) is 0 Å². The maximum atomic E-state index is 12.8. The highest BCUT2D eigenvalue weighted by molar-refractivity contribution is 9.09. The SMILES string of the molecule is CC(=O)Nc1cc(C(=O)CBr)cc(S(F)(F)(F)(F)F)c1. The first-order chi connectivity index (χ1) is 8.72. The van der Waals surface area contributed by atoms with Gasteiger partial charge >= 0.3 is 10.2 Å². The zero-order chi connectivity index (χ0) is 15.8. The number of ketones is 1. The van der Waals surface area contributed by atoms with Gasteiger partial charge in [0.15, 0.2) is 5.78 Å². The molecule has 0 heterocycles. The number of hydrogen-bond donors (Lipinski definition) is 1. The second-order valence-corrected chi connectivity index (χ2v) is 6.92. The molecular weight excluding hydrogens is 373 g/mol. The first kappa shape index (κ1) is 16.9. The number of carbonyl (C=O) groups is 2. The summed E-state index contributed by atoms with van der Waals surface area (Å²) in [6, 6.07) is 1.09. The highest BCUT2D eigenvalue weighted by Gasteiger charge is 2.65. The molecule has 0 atom stereocenters. The fourth-order valence-electron chi connectivity index (χ4n) is 1.34. The third-order valence-electron chi connectivity index (χ3n) is 2.12. The molecule has 1 aromatic rings. The van der Waals surface area contributed by atoms with Crippen LogP contribution in [0.4, 0.5) is 25.1 Å². The minimum absolute atomic E-state index is 0.0798. The van der Waals surface area contributed by atoms with Crippen molar-refractivity contribution in [3.05, 3.63) is 23.8 Å². The van der Waals surface area contributed by atoms with E-state index in [1.807, 2.05) is 5.32 Å². The van der Waals surface area contributed by atoms with Crippen LogP contribution in [-0.4, -0.2) is 17.0 Å². The first-order valence-corrected chi connectivity index (χ1v) is 8.06. The molecular formula is C10H9BrF5NO2S. The normalized spacial score (nSPS) is 15.2. The molecule has 114 valence electrons. The Hall–Kier alpha value is -1.16. The number of amides is 1. The van der Waals surface area contributed by atoms with E-state index in [9.17, 15) is 29.0 Å². The van der Waals surface area contributed by atoms with Gasteiger partial charge in [0.05, 0.1) is 5.33 Å². The molecule has 1 rings (SSSR count). The smallest absolute Gasteiger partial charge is 0.310 e. The summed E-state index contributed by atoms with van der Waals surface area (Å²) >= 11 is 2.73. The Kier molecular flexibility index (Phi) is 3.73. The number of carbonyl (C=O) groups excluding carboxylic acids is 2. The molecule has 0 saturated carbocycles. The largest absolute Gasteiger partial charge is 0.326 e. The Morgan fingerprint density at radius 1 is 1.15 bits per heavy atom. The number of nitrogens with one attached hydrogen (secondary N) is 1. The molecule has 0 fully saturated rings. The van der Waals surface area contributed by atoms with Crippen molar-refractivity contribution < 1.29 is 29.0 Å². The van der Waals surface area contributed by atoms with E-state index in [1.54, 1.807) is 0 Å². The second kappa shape index (κ2) is 4.42. The zero-order valence-electron chi connectivity index (χ0n) is 9.93. The predicted molar refractivity (Wildman–Crippen MR) is 70.3 cm³/mol. The average molecular weight is 382 g/mol. The van der Waals surface area contributed by atoms with Gasteiger partial charge in [0, 0.05) is 18.2 Å². The highest BCUT2D eigenvalue weighted by atomic mass is 79.9. The second-order valence-electron chi connectivity index (χ2n) is 3.95. The van der Waals surface area contributed by atoms with Crippen molar-refractivity contribution in [1.29, 1.82) is 0 Å². The summed E-state index contributed by atoms with van der Waals surface area (Å²) in [5, 5.41) is 1.61. The lowest BCUT2D eigenvalue weighted by atomic mass is 10.1. The van der Waals surface area contributed by atoms with Crippen molar-refractivity contribution in [3.8, 4) is 0 Å². The molecule has 0 aliphatic heterocycles. The molecule has 0 aliphatic rings. The first-order valence-electron chi connectivity index (χ1n) is 4.99. The lowest BCUT2D eigenvalue weighted by Crippen LogP contribution is -2.12. The van der Waals surface area contributed by atoms with Gasteiger partial charge in [0.25, 0.3) is 0 Å². The van der Waals surface area contributed by atoms with Gasteiger partial charge in [-0.25, -0.2) is 0 Å². The quantitative estimate of drug-likeness (QED) is 0.458. The minimum atomic E-state index is -9.94. The molecule has 20 heavy (non-hydrogen) atoms. The summed E-state index contributed by atoms with van der Waals surface area (Å²) in [5.74, 6) is -1.57. The Morgan fingerprint density at radius 3 is 2.10 bits per heavy atom. The van der Waals surface area contributed by atoms with Crippen molar-refractivity contribution >= 4 is 43.5 Å². The minimum Gasteiger partial charge on any atom is -0.326 e. The van der Waals surface area contributed by atoms with E-state index in [-0.39, 0.29) is 17.5 Å². The van der Waals surface area contributed by atoms with Crippen molar-refractivity contribution in [2.75, 3.05) is 10.6 Å². The van der Waals surface area contributed by atoms with E-state index in [2.05, 4.69) is 15.9 Å². The number of rotatable bonds is 4. The van der Waals surface area contributed by atoms with Gasteiger partial charge in [0.1, 0.15) is 4.90 Å². The van der Waals surface area contributed by atoms with Crippen LogP contribution < -0.4 is 5.32 Å². The van der Waals surface area contributed by atoms with Crippen LogP contribution in [0.5, 0.6) is 0 Å². The zero-order valence-corrected chi connectivity index (χ0v) is 12.3. The van der Waals surface area contributed by atoms with Crippen molar-refractivity contribution in [2.45, 2.75) is 11.8 Å². The fraction of sp³-hybridized carbons (Fsp3) is 0.200. The Balaban J connectivity index is 3.55. The van der Waals surface area contributed by atoms with E-state index >= 15 is 0 Å². The average Bonchev–Trinajstić information content (AvgIpc) is 2.23. The Bertz CT molecular complexity index is 587. The maximum absolute atomic E-state index is 12.8. The summed E-state index contributed by atoms with van der Waals surface area (Å²) in [5.41, 5.74) is -1.09. The molecule has 0 unspecified atom stereocenters. The summed E-state index contributed by atoms with van der Waals surface area (Å²) in [4.78, 5) is 20.0. The van der Waals surface area contributed by atoms with Crippen LogP contribution in [0.25, 0.3) is 0 Å². The molecule has 0 radical (unpaired) electrons. The van der Waals surface area contributed by atoms with Crippen molar-refractivity contribution in [1.82, 2.24) is 0 Å². The summed E-state index contributed by atoms with van der Waals surface area (Å²) < 4.78 is 63.9. The molecule has 1 N–H and O–H groups in total. The molecule has 0 aliphatic carbocycles. The van der Waals surface area contributed by atoms with Crippen LogP contribution in [0.1, 0.15) is 17.3 Å². The third-order valence-corrected chi connectivity index (χ3v) is 3.75.